The summed E-state index contributed by atoms with van der Waals surface area (Å²) < 4.78 is 31.7. The molecule has 128 valence electrons. The van der Waals surface area contributed by atoms with Crippen molar-refractivity contribution < 1.29 is 18.3 Å². The van der Waals surface area contributed by atoms with E-state index in [1.165, 1.54) is 18.9 Å². The van der Waals surface area contributed by atoms with Gasteiger partial charge in [0.1, 0.15) is 11.9 Å². The van der Waals surface area contributed by atoms with Gasteiger partial charge in [0.25, 0.3) is 0 Å². The molecule has 0 aromatic heterocycles. The minimum absolute atomic E-state index is 0.0518. The van der Waals surface area contributed by atoms with Crippen LogP contribution in [-0.4, -0.2) is 30.0 Å². The molecule has 0 atom stereocenters. The first-order chi connectivity index (χ1) is 11.1. The average Bonchev–Trinajstić information content (AvgIpc) is 2.55. The fourth-order valence-corrected chi connectivity index (χ4v) is 2.83. The summed E-state index contributed by atoms with van der Waals surface area (Å²) in [6.45, 7) is 3.49. The normalized spacial score (nSPS) is 15.7. The van der Waals surface area contributed by atoms with E-state index in [1.807, 2.05) is 4.90 Å². The van der Waals surface area contributed by atoms with Gasteiger partial charge in [-0.3, -0.25) is 4.79 Å². The van der Waals surface area contributed by atoms with E-state index in [0.29, 0.717) is 25.3 Å². The van der Waals surface area contributed by atoms with Crippen LogP contribution < -0.4 is 4.74 Å². The van der Waals surface area contributed by atoms with Gasteiger partial charge in [-0.1, -0.05) is 26.2 Å². The van der Waals surface area contributed by atoms with Crippen molar-refractivity contribution in [3.63, 3.8) is 0 Å². The number of amides is 1. The molecule has 1 aliphatic rings. The minimum atomic E-state index is -0.901. The van der Waals surface area contributed by atoms with E-state index in [2.05, 4.69) is 6.92 Å². The van der Waals surface area contributed by atoms with Crippen LogP contribution in [0.15, 0.2) is 18.2 Å². The number of likely N-dealkylation sites (tertiary alicyclic amines) is 1. The summed E-state index contributed by atoms with van der Waals surface area (Å²) in [5, 5.41) is 0. The van der Waals surface area contributed by atoms with Crippen molar-refractivity contribution in [2.45, 2.75) is 58.0 Å². The summed E-state index contributed by atoms with van der Waals surface area (Å²) >= 11 is 0. The SMILES string of the molecule is CCCCCCC(=O)N1CCC(Oc2ccc(F)c(F)c2)CC1. The highest BCUT2D eigenvalue weighted by atomic mass is 19.2. The maximum atomic E-state index is 13.2. The van der Waals surface area contributed by atoms with Gasteiger partial charge in [0.05, 0.1) is 0 Å². The van der Waals surface area contributed by atoms with Crippen molar-refractivity contribution in [3.8, 4) is 5.75 Å². The molecule has 1 aromatic carbocycles. The number of carbonyl (C=O) groups is 1. The summed E-state index contributed by atoms with van der Waals surface area (Å²) in [6, 6.07) is 3.57. The van der Waals surface area contributed by atoms with Gasteiger partial charge in [0.2, 0.25) is 5.91 Å². The Morgan fingerprint density at radius 3 is 2.57 bits per heavy atom. The molecule has 5 heteroatoms. The van der Waals surface area contributed by atoms with E-state index in [0.717, 1.165) is 37.8 Å². The van der Waals surface area contributed by atoms with Crippen molar-refractivity contribution in [1.82, 2.24) is 4.90 Å². The molecule has 1 aliphatic heterocycles. The zero-order chi connectivity index (χ0) is 16.7. The molecule has 1 heterocycles. The van der Waals surface area contributed by atoms with Crippen LogP contribution >= 0.6 is 0 Å². The van der Waals surface area contributed by atoms with Gasteiger partial charge in [0.15, 0.2) is 11.6 Å². The number of rotatable bonds is 7. The fourth-order valence-electron chi connectivity index (χ4n) is 2.83. The van der Waals surface area contributed by atoms with Crippen molar-refractivity contribution >= 4 is 5.91 Å². The van der Waals surface area contributed by atoms with E-state index < -0.39 is 11.6 Å². The number of halogens is 2. The summed E-state index contributed by atoms with van der Waals surface area (Å²) in [6.07, 6.45) is 6.42. The van der Waals surface area contributed by atoms with E-state index in [1.54, 1.807) is 0 Å². The lowest BCUT2D eigenvalue weighted by Crippen LogP contribution is -2.41. The number of benzene rings is 1. The maximum Gasteiger partial charge on any atom is 0.222 e. The monoisotopic (exact) mass is 325 g/mol. The number of piperidine rings is 1. The van der Waals surface area contributed by atoms with Crippen molar-refractivity contribution in [3.05, 3.63) is 29.8 Å². The molecule has 3 nitrogen and oxygen atoms in total. The van der Waals surface area contributed by atoms with Gasteiger partial charge < -0.3 is 9.64 Å². The number of hydrogen-bond acceptors (Lipinski definition) is 2. The molecular formula is C18H25F2NO2. The third-order valence-corrected chi connectivity index (χ3v) is 4.23. The average molecular weight is 325 g/mol. The van der Waals surface area contributed by atoms with E-state index >= 15 is 0 Å². The Hall–Kier alpha value is -1.65. The van der Waals surface area contributed by atoms with Crippen LogP contribution in [0.5, 0.6) is 5.75 Å². The fraction of sp³-hybridized carbons (Fsp3) is 0.611. The third-order valence-electron chi connectivity index (χ3n) is 4.23. The van der Waals surface area contributed by atoms with Crippen LogP contribution in [0, 0.1) is 11.6 Å². The first-order valence-electron chi connectivity index (χ1n) is 8.49. The lowest BCUT2D eigenvalue weighted by Gasteiger charge is -2.32. The quantitative estimate of drug-likeness (QED) is 0.699. The molecule has 0 N–H and O–H groups in total. The topological polar surface area (TPSA) is 29.5 Å². The number of ether oxygens (including phenoxy) is 1. The number of carbonyl (C=O) groups excluding carboxylic acids is 1. The number of hydrogen-bond donors (Lipinski definition) is 0. The Kier molecular flexibility index (Phi) is 6.81. The number of unbranched alkanes of at least 4 members (excludes halogenated alkanes) is 3. The van der Waals surface area contributed by atoms with Crippen LogP contribution in [0.4, 0.5) is 8.78 Å². The van der Waals surface area contributed by atoms with Gasteiger partial charge in [0, 0.05) is 38.4 Å². The molecule has 1 amide bonds. The Morgan fingerprint density at radius 2 is 1.91 bits per heavy atom. The summed E-state index contributed by atoms with van der Waals surface area (Å²) in [7, 11) is 0. The molecular weight excluding hydrogens is 300 g/mol. The van der Waals surface area contributed by atoms with Crippen molar-refractivity contribution in [2.75, 3.05) is 13.1 Å². The molecule has 1 saturated heterocycles. The molecule has 0 aliphatic carbocycles. The van der Waals surface area contributed by atoms with E-state index in [9.17, 15) is 13.6 Å². The lowest BCUT2D eigenvalue weighted by atomic mass is 10.1. The largest absolute Gasteiger partial charge is 0.490 e. The highest BCUT2D eigenvalue weighted by molar-refractivity contribution is 5.76. The molecule has 2 rings (SSSR count). The van der Waals surface area contributed by atoms with Gasteiger partial charge >= 0.3 is 0 Å². The Bertz CT molecular complexity index is 514. The van der Waals surface area contributed by atoms with Crippen molar-refractivity contribution in [1.29, 1.82) is 0 Å². The predicted octanol–water partition coefficient (Wildman–Crippen LogP) is 4.31. The predicted molar refractivity (Wildman–Crippen MR) is 85.3 cm³/mol. The molecule has 1 aromatic rings. The maximum absolute atomic E-state index is 13.2. The minimum Gasteiger partial charge on any atom is -0.490 e. The number of nitrogens with zero attached hydrogens (tertiary/aromatic N) is 1. The zero-order valence-electron chi connectivity index (χ0n) is 13.7. The first-order valence-corrected chi connectivity index (χ1v) is 8.49. The summed E-state index contributed by atoms with van der Waals surface area (Å²) in [5.74, 6) is -1.22. The molecule has 0 bridgehead atoms. The highest BCUT2D eigenvalue weighted by Gasteiger charge is 2.23. The van der Waals surface area contributed by atoms with Crippen LogP contribution in [0.25, 0.3) is 0 Å². The molecule has 0 radical (unpaired) electrons. The second-order valence-electron chi connectivity index (χ2n) is 6.08. The van der Waals surface area contributed by atoms with Crippen LogP contribution in [0.2, 0.25) is 0 Å². The standard InChI is InChI=1S/C18H25F2NO2/c1-2-3-4-5-6-18(22)21-11-9-14(10-12-21)23-15-7-8-16(19)17(20)13-15/h7-8,13-14H,2-6,9-12H2,1H3. The van der Waals surface area contributed by atoms with Crippen LogP contribution in [0.3, 0.4) is 0 Å². The second-order valence-corrected chi connectivity index (χ2v) is 6.08. The third kappa shape index (κ3) is 5.48. The lowest BCUT2D eigenvalue weighted by molar-refractivity contribution is -0.133. The van der Waals surface area contributed by atoms with E-state index in [4.69, 9.17) is 4.74 Å². The Morgan fingerprint density at radius 1 is 1.17 bits per heavy atom. The molecule has 0 unspecified atom stereocenters. The molecule has 0 spiro atoms. The summed E-state index contributed by atoms with van der Waals surface area (Å²) in [4.78, 5) is 14.0. The Balaban J connectivity index is 1.73. The van der Waals surface area contributed by atoms with Crippen LogP contribution in [0.1, 0.15) is 51.9 Å². The van der Waals surface area contributed by atoms with Gasteiger partial charge in [-0.2, -0.15) is 0 Å². The second kappa shape index (κ2) is 8.85. The Labute approximate surface area is 136 Å². The highest BCUT2D eigenvalue weighted by Crippen LogP contribution is 2.21. The molecule has 1 fully saturated rings. The van der Waals surface area contributed by atoms with Gasteiger partial charge in [-0.25, -0.2) is 8.78 Å². The first kappa shape index (κ1) is 17.7. The van der Waals surface area contributed by atoms with Crippen LogP contribution in [-0.2, 0) is 4.79 Å². The van der Waals surface area contributed by atoms with Gasteiger partial charge in [-0.15, -0.1) is 0 Å². The molecule has 23 heavy (non-hydrogen) atoms. The van der Waals surface area contributed by atoms with Gasteiger partial charge in [-0.05, 0) is 18.6 Å². The smallest absolute Gasteiger partial charge is 0.222 e. The van der Waals surface area contributed by atoms with Crippen molar-refractivity contribution in [2.24, 2.45) is 0 Å². The zero-order valence-corrected chi connectivity index (χ0v) is 13.7. The molecule has 0 saturated carbocycles. The van der Waals surface area contributed by atoms with E-state index in [-0.39, 0.29) is 12.0 Å². The summed E-state index contributed by atoms with van der Waals surface area (Å²) in [5.41, 5.74) is 0.